The standard InChI is InChI=1S/C19H27N5O3/c1-4-26-17-7-5-16(6-8-17)21-18(25)13-23-9-11-24(12-10-23)14(2)19-20-15(3)22-27-19/h5-8,14H,4,9-13H2,1-3H3,(H,21,25). The lowest BCUT2D eigenvalue weighted by molar-refractivity contribution is -0.117. The van der Waals surface area contributed by atoms with Gasteiger partial charge in [-0.25, -0.2) is 0 Å². The molecular formula is C19H27N5O3. The number of nitrogens with zero attached hydrogens (tertiary/aromatic N) is 4. The minimum atomic E-state index is -0.00631. The number of aromatic nitrogens is 2. The van der Waals surface area contributed by atoms with E-state index in [1.807, 2.05) is 38.1 Å². The number of rotatable bonds is 7. The summed E-state index contributed by atoms with van der Waals surface area (Å²) in [5.74, 6) is 2.10. The average molecular weight is 373 g/mol. The van der Waals surface area contributed by atoms with Crippen molar-refractivity contribution in [2.75, 3.05) is 44.6 Å². The number of hydrogen-bond acceptors (Lipinski definition) is 7. The van der Waals surface area contributed by atoms with Crippen LogP contribution in [0.25, 0.3) is 0 Å². The third-order valence-corrected chi connectivity index (χ3v) is 4.67. The van der Waals surface area contributed by atoms with Gasteiger partial charge < -0.3 is 14.6 Å². The Kier molecular flexibility index (Phi) is 6.41. The van der Waals surface area contributed by atoms with Gasteiger partial charge >= 0.3 is 0 Å². The lowest BCUT2D eigenvalue weighted by atomic mass is 10.2. The Labute approximate surface area is 159 Å². The molecule has 1 aromatic heterocycles. The first-order chi connectivity index (χ1) is 13.0. The molecule has 3 rings (SSSR count). The zero-order chi connectivity index (χ0) is 19.2. The molecule has 1 fully saturated rings. The Hall–Kier alpha value is -2.45. The molecule has 1 atom stereocenters. The number of hydrogen-bond donors (Lipinski definition) is 1. The summed E-state index contributed by atoms with van der Waals surface area (Å²) in [7, 11) is 0. The van der Waals surface area contributed by atoms with Gasteiger partial charge in [-0.05, 0) is 45.0 Å². The fourth-order valence-electron chi connectivity index (χ4n) is 3.15. The number of amides is 1. The molecule has 1 aliphatic rings. The summed E-state index contributed by atoms with van der Waals surface area (Å²) in [4.78, 5) is 21.1. The lowest BCUT2D eigenvalue weighted by Gasteiger charge is -2.36. The summed E-state index contributed by atoms with van der Waals surface area (Å²) >= 11 is 0. The van der Waals surface area contributed by atoms with E-state index in [9.17, 15) is 4.79 Å². The number of nitrogens with one attached hydrogen (secondary N) is 1. The predicted molar refractivity (Wildman–Crippen MR) is 102 cm³/mol. The summed E-state index contributed by atoms with van der Waals surface area (Å²) < 4.78 is 10.7. The maximum absolute atomic E-state index is 12.3. The zero-order valence-electron chi connectivity index (χ0n) is 16.1. The Morgan fingerprint density at radius 3 is 2.56 bits per heavy atom. The molecule has 1 aliphatic heterocycles. The van der Waals surface area contributed by atoms with Gasteiger partial charge in [-0.2, -0.15) is 4.98 Å². The molecule has 1 saturated heterocycles. The van der Waals surface area contributed by atoms with Crippen molar-refractivity contribution in [3.63, 3.8) is 0 Å². The minimum Gasteiger partial charge on any atom is -0.494 e. The molecule has 0 aliphatic carbocycles. The molecule has 146 valence electrons. The first kappa shape index (κ1) is 19.3. The van der Waals surface area contributed by atoms with Crippen LogP contribution in [0.1, 0.15) is 31.6 Å². The van der Waals surface area contributed by atoms with Crippen molar-refractivity contribution in [2.24, 2.45) is 0 Å². The van der Waals surface area contributed by atoms with Crippen molar-refractivity contribution in [3.8, 4) is 5.75 Å². The molecule has 27 heavy (non-hydrogen) atoms. The fraction of sp³-hybridized carbons (Fsp3) is 0.526. The largest absolute Gasteiger partial charge is 0.494 e. The number of carbonyl (C=O) groups excluding carboxylic acids is 1. The highest BCUT2D eigenvalue weighted by atomic mass is 16.5. The molecule has 2 aromatic rings. The topological polar surface area (TPSA) is 83.7 Å². The minimum absolute atomic E-state index is 0.00631. The Morgan fingerprint density at radius 1 is 1.26 bits per heavy atom. The number of piperazine rings is 1. The van der Waals surface area contributed by atoms with Gasteiger partial charge in [0.25, 0.3) is 0 Å². The van der Waals surface area contributed by atoms with Gasteiger partial charge in [-0.1, -0.05) is 5.16 Å². The number of ether oxygens (including phenoxy) is 1. The number of aryl methyl sites for hydroxylation is 1. The second kappa shape index (κ2) is 8.96. The zero-order valence-corrected chi connectivity index (χ0v) is 16.1. The van der Waals surface area contributed by atoms with Gasteiger partial charge in [-0.3, -0.25) is 14.6 Å². The lowest BCUT2D eigenvalue weighted by Crippen LogP contribution is -2.49. The summed E-state index contributed by atoms with van der Waals surface area (Å²) in [5, 5.41) is 6.80. The van der Waals surface area contributed by atoms with Crippen LogP contribution in [-0.2, 0) is 4.79 Å². The fourth-order valence-corrected chi connectivity index (χ4v) is 3.15. The van der Waals surface area contributed by atoms with Crippen LogP contribution in [0.5, 0.6) is 5.75 Å². The third kappa shape index (κ3) is 5.27. The van der Waals surface area contributed by atoms with E-state index in [1.54, 1.807) is 0 Å². The van der Waals surface area contributed by atoms with E-state index in [1.165, 1.54) is 0 Å². The van der Waals surface area contributed by atoms with Crippen molar-refractivity contribution in [3.05, 3.63) is 36.0 Å². The van der Waals surface area contributed by atoms with Crippen LogP contribution in [-0.4, -0.2) is 65.2 Å². The van der Waals surface area contributed by atoms with Crippen molar-refractivity contribution >= 4 is 11.6 Å². The quantitative estimate of drug-likeness (QED) is 0.795. The van der Waals surface area contributed by atoms with Crippen LogP contribution in [0.4, 0.5) is 5.69 Å². The summed E-state index contributed by atoms with van der Waals surface area (Å²) in [6.07, 6.45) is 0. The number of benzene rings is 1. The summed E-state index contributed by atoms with van der Waals surface area (Å²) in [5.41, 5.74) is 0.780. The predicted octanol–water partition coefficient (Wildman–Crippen LogP) is 2.09. The number of anilines is 1. The van der Waals surface area contributed by atoms with Crippen LogP contribution in [0.2, 0.25) is 0 Å². The Morgan fingerprint density at radius 2 is 1.96 bits per heavy atom. The molecule has 0 saturated carbocycles. The molecular weight excluding hydrogens is 346 g/mol. The molecule has 8 nitrogen and oxygen atoms in total. The van der Waals surface area contributed by atoms with Crippen LogP contribution in [0.15, 0.2) is 28.8 Å². The Balaban J connectivity index is 1.43. The molecule has 2 heterocycles. The molecule has 8 heteroatoms. The SMILES string of the molecule is CCOc1ccc(NC(=O)CN2CCN(C(C)c3nc(C)no3)CC2)cc1. The second-order valence-electron chi connectivity index (χ2n) is 6.67. The van der Waals surface area contributed by atoms with Gasteiger partial charge in [0, 0.05) is 31.9 Å². The van der Waals surface area contributed by atoms with Crippen LogP contribution < -0.4 is 10.1 Å². The molecule has 0 radical (unpaired) electrons. The highest BCUT2D eigenvalue weighted by Gasteiger charge is 2.26. The van der Waals surface area contributed by atoms with Gasteiger partial charge in [0.05, 0.1) is 19.2 Å². The third-order valence-electron chi connectivity index (χ3n) is 4.67. The van der Waals surface area contributed by atoms with Crippen molar-refractivity contribution in [2.45, 2.75) is 26.8 Å². The van der Waals surface area contributed by atoms with E-state index in [4.69, 9.17) is 9.26 Å². The van der Waals surface area contributed by atoms with E-state index in [0.717, 1.165) is 37.6 Å². The van der Waals surface area contributed by atoms with Gasteiger partial charge in [0.2, 0.25) is 11.8 Å². The smallest absolute Gasteiger partial charge is 0.243 e. The van der Waals surface area contributed by atoms with E-state index in [0.29, 0.717) is 24.9 Å². The van der Waals surface area contributed by atoms with Crippen molar-refractivity contribution in [1.82, 2.24) is 19.9 Å². The molecule has 1 unspecified atom stereocenters. The van der Waals surface area contributed by atoms with Gasteiger partial charge in [0.15, 0.2) is 5.82 Å². The van der Waals surface area contributed by atoms with E-state index in [2.05, 4.69) is 32.2 Å². The Bertz CT molecular complexity index is 738. The average Bonchev–Trinajstić information content (AvgIpc) is 3.10. The van der Waals surface area contributed by atoms with Crippen LogP contribution in [0, 0.1) is 6.92 Å². The molecule has 0 spiro atoms. The van der Waals surface area contributed by atoms with Gasteiger partial charge in [0.1, 0.15) is 5.75 Å². The van der Waals surface area contributed by atoms with Gasteiger partial charge in [-0.15, -0.1) is 0 Å². The molecule has 1 N–H and O–H groups in total. The molecule has 1 aromatic carbocycles. The van der Waals surface area contributed by atoms with E-state index < -0.39 is 0 Å². The normalized spacial score (nSPS) is 16.9. The highest BCUT2D eigenvalue weighted by Crippen LogP contribution is 2.20. The first-order valence-corrected chi connectivity index (χ1v) is 9.34. The molecule has 1 amide bonds. The summed E-state index contributed by atoms with van der Waals surface area (Å²) in [6.45, 7) is 10.2. The van der Waals surface area contributed by atoms with Crippen LogP contribution in [0.3, 0.4) is 0 Å². The van der Waals surface area contributed by atoms with Crippen LogP contribution >= 0.6 is 0 Å². The monoisotopic (exact) mass is 373 g/mol. The maximum atomic E-state index is 12.3. The van der Waals surface area contributed by atoms with Crippen molar-refractivity contribution < 1.29 is 14.1 Å². The first-order valence-electron chi connectivity index (χ1n) is 9.34. The maximum Gasteiger partial charge on any atom is 0.243 e. The van der Waals surface area contributed by atoms with E-state index in [-0.39, 0.29) is 11.9 Å². The van der Waals surface area contributed by atoms with E-state index >= 15 is 0 Å². The highest BCUT2D eigenvalue weighted by molar-refractivity contribution is 5.92. The number of carbonyl (C=O) groups is 1. The molecule has 0 bridgehead atoms. The second-order valence-corrected chi connectivity index (χ2v) is 6.67. The van der Waals surface area contributed by atoms with Crippen molar-refractivity contribution in [1.29, 1.82) is 0 Å². The summed E-state index contributed by atoms with van der Waals surface area (Å²) in [6, 6.07) is 7.52.